The van der Waals surface area contributed by atoms with Crippen molar-refractivity contribution in [2.45, 2.75) is 0 Å². The van der Waals surface area contributed by atoms with E-state index in [1.165, 1.54) is 19.4 Å². The molecule has 6 heteroatoms. The zero-order valence-corrected chi connectivity index (χ0v) is 11.3. The molecule has 1 aromatic carbocycles. The number of carbonyl (C=O) groups excluding carboxylic acids is 1. The van der Waals surface area contributed by atoms with Crippen molar-refractivity contribution >= 4 is 23.2 Å². The maximum Gasteiger partial charge on any atom is 0.261 e. The minimum absolute atomic E-state index is 0.220. The van der Waals surface area contributed by atoms with Crippen molar-refractivity contribution in [2.75, 3.05) is 12.4 Å². The molecule has 20 heavy (non-hydrogen) atoms. The summed E-state index contributed by atoms with van der Waals surface area (Å²) in [6, 6.07) is 9.83. The Balaban J connectivity index is 2.30. The summed E-state index contributed by atoms with van der Waals surface area (Å²) in [4.78, 5) is 16.1. The lowest BCUT2D eigenvalue weighted by atomic mass is 10.2. The summed E-state index contributed by atoms with van der Waals surface area (Å²) < 4.78 is 5.02. The van der Waals surface area contributed by atoms with E-state index in [2.05, 4.69) is 10.3 Å². The van der Waals surface area contributed by atoms with Gasteiger partial charge in [0, 0.05) is 6.20 Å². The molecule has 1 amide bonds. The van der Waals surface area contributed by atoms with Crippen LogP contribution in [0.15, 0.2) is 36.5 Å². The van der Waals surface area contributed by atoms with Gasteiger partial charge in [0.15, 0.2) is 0 Å². The van der Waals surface area contributed by atoms with E-state index in [9.17, 15) is 4.79 Å². The summed E-state index contributed by atoms with van der Waals surface area (Å²) in [5.74, 6) is -0.190. The lowest BCUT2D eigenvalue weighted by Crippen LogP contribution is -2.14. The molecule has 5 nitrogen and oxygen atoms in total. The number of hydrogen-bond acceptors (Lipinski definition) is 4. The van der Waals surface area contributed by atoms with Gasteiger partial charge in [-0.05, 0) is 30.3 Å². The Kier molecular flexibility index (Phi) is 4.18. The fourth-order valence-corrected chi connectivity index (χ4v) is 1.77. The fraction of sp³-hybridized carbons (Fsp3) is 0.0714. The van der Waals surface area contributed by atoms with Gasteiger partial charge in [0.05, 0.1) is 29.5 Å². The minimum atomic E-state index is -0.410. The van der Waals surface area contributed by atoms with Crippen LogP contribution in [-0.4, -0.2) is 18.0 Å². The van der Waals surface area contributed by atoms with Crippen LogP contribution in [0, 0.1) is 11.3 Å². The van der Waals surface area contributed by atoms with Crippen LogP contribution in [0.4, 0.5) is 5.69 Å². The molecule has 2 aromatic rings. The van der Waals surface area contributed by atoms with Gasteiger partial charge in [-0.25, -0.2) is 4.98 Å². The number of amides is 1. The predicted octanol–water partition coefficient (Wildman–Crippen LogP) is 2.87. The number of nitrogens with one attached hydrogen (secondary N) is 1. The van der Waals surface area contributed by atoms with Crippen molar-refractivity contribution < 1.29 is 9.53 Å². The first kappa shape index (κ1) is 13.8. The molecule has 1 aromatic heterocycles. The molecule has 0 saturated heterocycles. The summed E-state index contributed by atoms with van der Waals surface area (Å²) >= 11 is 5.99. The maximum atomic E-state index is 12.2. The molecule has 0 fully saturated rings. The van der Waals surface area contributed by atoms with Crippen LogP contribution in [-0.2, 0) is 0 Å². The molecular formula is C14H10ClN3O2. The lowest BCUT2D eigenvalue weighted by molar-refractivity contribution is 0.102. The second-order valence-electron chi connectivity index (χ2n) is 3.82. The Morgan fingerprint density at radius 2 is 2.25 bits per heavy atom. The zero-order chi connectivity index (χ0) is 14.5. The number of benzene rings is 1. The molecule has 0 aliphatic rings. The van der Waals surface area contributed by atoms with Crippen molar-refractivity contribution in [3.63, 3.8) is 0 Å². The van der Waals surface area contributed by atoms with Gasteiger partial charge in [0.1, 0.15) is 5.56 Å². The van der Waals surface area contributed by atoms with Crippen LogP contribution in [0.3, 0.4) is 0 Å². The number of rotatable bonds is 3. The Hall–Kier alpha value is -2.58. The van der Waals surface area contributed by atoms with Gasteiger partial charge in [0.2, 0.25) is 5.88 Å². The van der Waals surface area contributed by atoms with E-state index in [4.69, 9.17) is 21.6 Å². The standard InChI is InChI=1S/C14H10ClN3O2/c1-20-14-10(3-2-6-17-14)13(19)18-12-7-9(8-16)4-5-11(12)15/h2-7H,1H3,(H,18,19). The van der Waals surface area contributed by atoms with Gasteiger partial charge in [-0.15, -0.1) is 0 Å². The number of ether oxygens (including phenoxy) is 1. The third-order valence-corrected chi connectivity index (χ3v) is 2.88. The third-order valence-electron chi connectivity index (χ3n) is 2.55. The van der Waals surface area contributed by atoms with Crippen molar-refractivity contribution in [3.8, 4) is 11.9 Å². The molecule has 0 atom stereocenters. The molecule has 1 heterocycles. The molecule has 0 aliphatic carbocycles. The Bertz CT molecular complexity index is 695. The highest BCUT2D eigenvalue weighted by Crippen LogP contribution is 2.24. The second kappa shape index (κ2) is 6.04. The largest absolute Gasteiger partial charge is 0.480 e. The number of methoxy groups -OCH3 is 1. The average molecular weight is 288 g/mol. The molecule has 1 N–H and O–H groups in total. The van der Waals surface area contributed by atoms with Crippen LogP contribution in [0.25, 0.3) is 0 Å². The van der Waals surface area contributed by atoms with Crippen LogP contribution in [0.2, 0.25) is 5.02 Å². The van der Waals surface area contributed by atoms with E-state index < -0.39 is 5.91 Å². The third kappa shape index (κ3) is 2.87. The Morgan fingerprint density at radius 1 is 1.45 bits per heavy atom. The van der Waals surface area contributed by atoms with Gasteiger partial charge < -0.3 is 10.1 Å². The number of nitriles is 1. The summed E-state index contributed by atoms with van der Waals surface area (Å²) in [7, 11) is 1.43. The molecule has 2 rings (SSSR count). The summed E-state index contributed by atoms with van der Waals surface area (Å²) in [6.07, 6.45) is 1.53. The van der Waals surface area contributed by atoms with Crippen molar-refractivity contribution in [3.05, 3.63) is 52.7 Å². The van der Waals surface area contributed by atoms with E-state index in [1.54, 1.807) is 24.3 Å². The lowest BCUT2D eigenvalue weighted by Gasteiger charge is -2.09. The summed E-state index contributed by atoms with van der Waals surface area (Å²) in [5.41, 5.74) is 1.05. The van der Waals surface area contributed by atoms with Gasteiger partial charge in [0.25, 0.3) is 5.91 Å². The molecule has 0 radical (unpaired) electrons. The molecule has 100 valence electrons. The average Bonchev–Trinajstić information content (AvgIpc) is 2.49. The Labute approximate surface area is 120 Å². The topological polar surface area (TPSA) is 75.0 Å². The van der Waals surface area contributed by atoms with E-state index >= 15 is 0 Å². The van der Waals surface area contributed by atoms with Crippen LogP contribution < -0.4 is 10.1 Å². The molecule has 0 spiro atoms. The number of carbonyl (C=O) groups is 1. The normalized spacial score (nSPS) is 9.65. The van der Waals surface area contributed by atoms with E-state index in [1.807, 2.05) is 6.07 Å². The number of hydrogen-bond donors (Lipinski definition) is 1. The number of aromatic nitrogens is 1. The zero-order valence-electron chi connectivity index (χ0n) is 10.6. The first-order chi connectivity index (χ1) is 9.65. The Morgan fingerprint density at radius 3 is 2.95 bits per heavy atom. The molecular weight excluding hydrogens is 278 g/mol. The molecule has 0 saturated carbocycles. The predicted molar refractivity (Wildman–Crippen MR) is 74.9 cm³/mol. The highest BCUT2D eigenvalue weighted by atomic mass is 35.5. The number of halogens is 1. The van der Waals surface area contributed by atoms with Crippen molar-refractivity contribution in [1.29, 1.82) is 5.26 Å². The monoisotopic (exact) mass is 287 g/mol. The van der Waals surface area contributed by atoms with E-state index in [-0.39, 0.29) is 11.4 Å². The first-order valence-corrected chi connectivity index (χ1v) is 6.03. The number of nitrogens with zero attached hydrogens (tertiary/aromatic N) is 2. The quantitative estimate of drug-likeness (QED) is 0.942. The van der Waals surface area contributed by atoms with Crippen molar-refractivity contribution in [2.24, 2.45) is 0 Å². The summed E-state index contributed by atoms with van der Waals surface area (Å²) in [5, 5.41) is 11.8. The van der Waals surface area contributed by atoms with Gasteiger partial charge in [-0.3, -0.25) is 4.79 Å². The first-order valence-electron chi connectivity index (χ1n) is 5.65. The minimum Gasteiger partial charge on any atom is -0.480 e. The second-order valence-corrected chi connectivity index (χ2v) is 4.23. The van der Waals surface area contributed by atoms with Crippen LogP contribution in [0.1, 0.15) is 15.9 Å². The van der Waals surface area contributed by atoms with E-state index in [0.717, 1.165) is 0 Å². The fourth-order valence-electron chi connectivity index (χ4n) is 1.61. The SMILES string of the molecule is COc1ncccc1C(=O)Nc1cc(C#N)ccc1Cl. The maximum absolute atomic E-state index is 12.2. The number of anilines is 1. The van der Waals surface area contributed by atoms with Gasteiger partial charge >= 0.3 is 0 Å². The van der Waals surface area contributed by atoms with Crippen molar-refractivity contribution in [1.82, 2.24) is 4.98 Å². The highest BCUT2D eigenvalue weighted by molar-refractivity contribution is 6.34. The van der Waals surface area contributed by atoms with Gasteiger partial charge in [-0.1, -0.05) is 11.6 Å². The van der Waals surface area contributed by atoms with Crippen LogP contribution >= 0.6 is 11.6 Å². The van der Waals surface area contributed by atoms with Crippen LogP contribution in [0.5, 0.6) is 5.88 Å². The number of pyridine rings is 1. The highest BCUT2D eigenvalue weighted by Gasteiger charge is 2.14. The molecule has 0 aliphatic heterocycles. The molecule has 0 unspecified atom stereocenters. The summed E-state index contributed by atoms with van der Waals surface area (Å²) in [6.45, 7) is 0. The van der Waals surface area contributed by atoms with E-state index in [0.29, 0.717) is 16.3 Å². The molecule has 0 bridgehead atoms. The smallest absolute Gasteiger partial charge is 0.261 e. The van der Waals surface area contributed by atoms with Gasteiger partial charge in [-0.2, -0.15) is 5.26 Å².